The number of benzene rings is 1. The zero-order chi connectivity index (χ0) is 19.0. The summed E-state index contributed by atoms with van der Waals surface area (Å²) < 4.78 is 6.44. The van der Waals surface area contributed by atoms with Gasteiger partial charge in [-0.1, -0.05) is 13.0 Å². The summed E-state index contributed by atoms with van der Waals surface area (Å²) in [7, 11) is 1.68. The predicted molar refractivity (Wildman–Crippen MR) is 109 cm³/mol. The minimum atomic E-state index is -0.484. The summed E-state index contributed by atoms with van der Waals surface area (Å²) in [5, 5.41) is 12.6. The lowest BCUT2D eigenvalue weighted by Gasteiger charge is -2.58. The van der Waals surface area contributed by atoms with Crippen molar-refractivity contribution in [2.75, 3.05) is 26.7 Å². The van der Waals surface area contributed by atoms with Crippen molar-refractivity contribution in [1.82, 2.24) is 4.98 Å². The molecule has 4 heterocycles. The summed E-state index contributed by atoms with van der Waals surface area (Å²) in [5.74, 6) is 2.04. The van der Waals surface area contributed by atoms with Crippen molar-refractivity contribution < 1.29 is 14.3 Å². The van der Waals surface area contributed by atoms with E-state index in [4.69, 9.17) is 4.74 Å². The highest BCUT2D eigenvalue weighted by Gasteiger charge is 2.53. The molecule has 0 spiro atoms. The van der Waals surface area contributed by atoms with Gasteiger partial charge in [0.1, 0.15) is 17.9 Å². The van der Waals surface area contributed by atoms with Crippen LogP contribution >= 0.6 is 0 Å². The van der Waals surface area contributed by atoms with Gasteiger partial charge in [0, 0.05) is 30.3 Å². The van der Waals surface area contributed by atoms with Crippen LogP contribution in [0.25, 0.3) is 10.9 Å². The summed E-state index contributed by atoms with van der Waals surface area (Å²) in [6.07, 6.45) is 6.96. The highest BCUT2D eigenvalue weighted by Crippen LogP contribution is 2.47. The van der Waals surface area contributed by atoms with E-state index in [9.17, 15) is 5.11 Å². The number of rotatable bonds is 6. The molecule has 27 heavy (non-hydrogen) atoms. The third kappa shape index (κ3) is 3.05. The maximum absolute atomic E-state index is 11.6. The lowest BCUT2D eigenvalue weighted by atomic mass is 9.71. The molecule has 5 rings (SSSR count). The second-order valence-electron chi connectivity index (χ2n) is 8.33. The van der Waals surface area contributed by atoms with Crippen LogP contribution in [0.2, 0.25) is 0 Å². The molecule has 4 heteroatoms. The van der Waals surface area contributed by atoms with Crippen LogP contribution in [0.15, 0.2) is 43.1 Å². The first-order valence-corrected chi connectivity index (χ1v) is 10.2. The van der Waals surface area contributed by atoms with Crippen LogP contribution in [0, 0.1) is 11.8 Å². The Balaban J connectivity index is 1.75. The Bertz CT molecular complexity index is 832. The summed E-state index contributed by atoms with van der Waals surface area (Å²) in [6.45, 7) is 9.77. The minimum Gasteiger partial charge on any atom is -0.497 e. The maximum atomic E-state index is 11.6. The van der Waals surface area contributed by atoms with Crippen molar-refractivity contribution >= 4 is 10.9 Å². The Labute approximate surface area is 162 Å². The smallest absolute Gasteiger partial charge is 0.131 e. The molecule has 5 atom stereocenters. The largest absolute Gasteiger partial charge is 0.497 e. The Hall–Kier alpha value is -1.91. The molecule has 3 saturated heterocycles. The molecule has 0 amide bonds. The van der Waals surface area contributed by atoms with E-state index >= 15 is 0 Å². The lowest BCUT2D eigenvalue weighted by Crippen LogP contribution is -2.68. The summed E-state index contributed by atoms with van der Waals surface area (Å²) in [4.78, 5) is 4.49. The number of hydrogen-bond donors (Lipinski definition) is 1. The fourth-order valence-electron chi connectivity index (χ4n) is 5.67. The van der Waals surface area contributed by atoms with Gasteiger partial charge in [-0.15, -0.1) is 6.58 Å². The van der Waals surface area contributed by atoms with Crippen LogP contribution < -0.4 is 4.74 Å². The molecular formula is C23H31N2O2+. The molecule has 2 bridgehead atoms. The number of ether oxygens (including phenoxy) is 1. The molecule has 0 radical (unpaired) electrons. The van der Waals surface area contributed by atoms with E-state index in [0.29, 0.717) is 11.8 Å². The second kappa shape index (κ2) is 7.25. The lowest BCUT2D eigenvalue weighted by molar-refractivity contribution is -0.973. The van der Waals surface area contributed by atoms with Crippen LogP contribution in [-0.4, -0.2) is 47.4 Å². The third-order valence-electron chi connectivity index (χ3n) is 7.01. The number of aromatic nitrogens is 1. The molecule has 1 N–H and O–H groups in total. The number of aliphatic hydroxyl groups excluding tert-OH is 1. The van der Waals surface area contributed by atoms with Gasteiger partial charge < -0.3 is 14.3 Å². The number of quaternary nitrogens is 1. The number of hydrogen-bond acceptors (Lipinski definition) is 3. The van der Waals surface area contributed by atoms with Gasteiger partial charge in [-0.3, -0.25) is 4.98 Å². The summed E-state index contributed by atoms with van der Waals surface area (Å²) >= 11 is 0. The molecule has 3 aliphatic rings. The average Bonchev–Trinajstić information content (AvgIpc) is 2.72. The van der Waals surface area contributed by atoms with Crippen LogP contribution in [0.3, 0.4) is 0 Å². The molecule has 4 nitrogen and oxygen atoms in total. The van der Waals surface area contributed by atoms with Crippen molar-refractivity contribution in [2.24, 2.45) is 11.8 Å². The molecule has 0 saturated carbocycles. The first kappa shape index (κ1) is 18.5. The first-order valence-electron chi connectivity index (χ1n) is 10.2. The van der Waals surface area contributed by atoms with Gasteiger partial charge >= 0.3 is 0 Å². The monoisotopic (exact) mass is 367 g/mol. The molecule has 1 aromatic carbocycles. The third-order valence-corrected chi connectivity index (χ3v) is 7.01. The Morgan fingerprint density at radius 1 is 1.41 bits per heavy atom. The van der Waals surface area contributed by atoms with E-state index in [1.807, 2.05) is 30.5 Å². The highest BCUT2D eigenvalue weighted by atomic mass is 16.5. The van der Waals surface area contributed by atoms with Crippen LogP contribution in [-0.2, 0) is 0 Å². The number of piperidine rings is 3. The van der Waals surface area contributed by atoms with Gasteiger partial charge in [0.15, 0.2) is 0 Å². The normalized spacial score (nSPS) is 31.0. The van der Waals surface area contributed by atoms with Crippen molar-refractivity contribution in [3.63, 3.8) is 0 Å². The van der Waals surface area contributed by atoms with Crippen LogP contribution in [0.1, 0.15) is 37.9 Å². The topological polar surface area (TPSA) is 42.4 Å². The van der Waals surface area contributed by atoms with E-state index in [-0.39, 0.29) is 6.04 Å². The molecule has 3 unspecified atom stereocenters. The average molecular weight is 368 g/mol. The van der Waals surface area contributed by atoms with Gasteiger partial charge in [0.2, 0.25) is 0 Å². The van der Waals surface area contributed by atoms with E-state index in [2.05, 4.69) is 24.6 Å². The SMILES string of the molecule is C=CC1C[N+]2(CCC)CCC1C[C@H]2[C@@H](O)c1ccnc2ccc(OC)cc12. The molecule has 3 fully saturated rings. The number of aliphatic hydroxyl groups is 1. The zero-order valence-electron chi connectivity index (χ0n) is 16.5. The molecule has 0 aliphatic carbocycles. The fourth-order valence-corrected chi connectivity index (χ4v) is 5.67. The number of fused-ring (bicyclic) bond motifs is 4. The zero-order valence-corrected chi connectivity index (χ0v) is 16.5. The van der Waals surface area contributed by atoms with Crippen molar-refractivity contribution in [1.29, 1.82) is 0 Å². The summed E-state index contributed by atoms with van der Waals surface area (Å²) in [6, 6.07) is 8.15. The van der Waals surface area contributed by atoms with Crippen LogP contribution in [0.5, 0.6) is 5.75 Å². The van der Waals surface area contributed by atoms with Crippen LogP contribution in [0.4, 0.5) is 0 Å². The first-order chi connectivity index (χ1) is 13.1. The standard InChI is InChI=1S/C23H31N2O2/c1-4-11-25-12-9-17(16(5-2)15-25)13-22(25)23(26)19-8-10-24-21-7-6-18(27-3)14-20(19)21/h5-8,10,14,16-17,22-23,26H,2,4,9,11-13,15H2,1,3H3/q+1/t16?,17?,22-,23-,25?/m0/s1. The van der Waals surface area contributed by atoms with Crippen molar-refractivity contribution in [2.45, 2.75) is 38.3 Å². The Morgan fingerprint density at radius 2 is 2.26 bits per heavy atom. The molecule has 2 aromatic rings. The molecule has 3 aliphatic heterocycles. The van der Waals surface area contributed by atoms with E-state index in [1.165, 1.54) is 13.0 Å². The molecule has 144 valence electrons. The number of pyridine rings is 1. The number of nitrogens with zero attached hydrogens (tertiary/aromatic N) is 2. The van der Waals surface area contributed by atoms with Gasteiger partial charge in [0.25, 0.3) is 0 Å². The summed E-state index contributed by atoms with van der Waals surface area (Å²) in [5.41, 5.74) is 1.90. The van der Waals surface area contributed by atoms with Crippen molar-refractivity contribution in [3.8, 4) is 5.75 Å². The Kier molecular flexibility index (Phi) is 4.95. The fraction of sp³-hybridized carbons (Fsp3) is 0.522. The quantitative estimate of drug-likeness (QED) is 0.617. The van der Waals surface area contributed by atoms with E-state index in [0.717, 1.165) is 52.6 Å². The number of methoxy groups -OCH3 is 1. The van der Waals surface area contributed by atoms with Gasteiger partial charge in [-0.25, -0.2) is 0 Å². The van der Waals surface area contributed by atoms with Gasteiger partial charge in [-0.2, -0.15) is 0 Å². The van der Waals surface area contributed by atoms with E-state index in [1.54, 1.807) is 7.11 Å². The Morgan fingerprint density at radius 3 is 3.00 bits per heavy atom. The molecule has 1 aromatic heterocycles. The molecular weight excluding hydrogens is 336 g/mol. The van der Waals surface area contributed by atoms with Crippen molar-refractivity contribution in [3.05, 3.63) is 48.7 Å². The van der Waals surface area contributed by atoms with Gasteiger partial charge in [0.05, 0.1) is 32.3 Å². The van der Waals surface area contributed by atoms with Gasteiger partial charge in [-0.05, 0) is 42.2 Å². The second-order valence-corrected chi connectivity index (χ2v) is 8.33. The minimum absolute atomic E-state index is 0.247. The predicted octanol–water partition coefficient (Wildman–Crippen LogP) is 4.10. The van der Waals surface area contributed by atoms with E-state index < -0.39 is 6.10 Å². The maximum Gasteiger partial charge on any atom is 0.131 e. The highest BCUT2D eigenvalue weighted by molar-refractivity contribution is 5.83.